The van der Waals surface area contributed by atoms with Crippen LogP contribution < -0.4 is 10.6 Å². The van der Waals surface area contributed by atoms with Gasteiger partial charge in [0.25, 0.3) is 5.91 Å². The summed E-state index contributed by atoms with van der Waals surface area (Å²) in [6, 6.07) is 8.94. The predicted octanol–water partition coefficient (Wildman–Crippen LogP) is 1.24. The molecule has 0 spiro atoms. The molecule has 3 nitrogen and oxygen atoms in total. The van der Waals surface area contributed by atoms with Crippen molar-refractivity contribution >= 4 is 25.2 Å². The van der Waals surface area contributed by atoms with Crippen molar-refractivity contribution in [1.82, 2.24) is 10.6 Å². The summed E-state index contributed by atoms with van der Waals surface area (Å²) < 4.78 is 0. The molecule has 0 unspecified atom stereocenters. The monoisotopic (exact) mass is 198 g/mol. The molecule has 2 N–H and O–H groups in total. The molecular formula is C7H7N2OPS. The molecule has 1 aromatic carbocycles. The number of rotatable bonds is 3. The largest absolute Gasteiger partial charge is 0.279 e. The Morgan fingerprint density at radius 2 is 2.00 bits per heavy atom. The summed E-state index contributed by atoms with van der Waals surface area (Å²) in [7, 11) is 0.511. The van der Waals surface area contributed by atoms with Crippen molar-refractivity contribution in [1.29, 1.82) is 0 Å². The summed E-state index contributed by atoms with van der Waals surface area (Å²) in [6.45, 7) is 0. The first-order chi connectivity index (χ1) is 5.84. The van der Waals surface area contributed by atoms with Gasteiger partial charge < -0.3 is 0 Å². The molecule has 0 fully saturated rings. The van der Waals surface area contributed by atoms with Gasteiger partial charge in [-0.1, -0.05) is 18.2 Å². The van der Waals surface area contributed by atoms with Gasteiger partial charge in [-0.25, -0.2) is 0 Å². The van der Waals surface area contributed by atoms with Gasteiger partial charge in [0.15, 0.2) is 0 Å². The molecule has 1 rings (SSSR count). The van der Waals surface area contributed by atoms with Gasteiger partial charge in [-0.3, -0.25) is 10.2 Å². The van der Waals surface area contributed by atoms with Crippen LogP contribution in [0.25, 0.3) is 0 Å². The summed E-state index contributed by atoms with van der Waals surface area (Å²) in [5.41, 5.74) is 3.06. The van der Waals surface area contributed by atoms with Crippen LogP contribution in [-0.4, -0.2) is 5.91 Å². The zero-order valence-electron chi connectivity index (χ0n) is 6.15. The lowest BCUT2D eigenvalue weighted by molar-refractivity contribution is 0.0947. The van der Waals surface area contributed by atoms with Crippen LogP contribution in [0.2, 0.25) is 0 Å². The van der Waals surface area contributed by atoms with Gasteiger partial charge in [-0.2, -0.15) is 5.20 Å². The number of amides is 1. The lowest BCUT2D eigenvalue weighted by Gasteiger charge is -2.00. The smallest absolute Gasteiger partial charge is 0.265 e. The van der Waals surface area contributed by atoms with Gasteiger partial charge in [0, 0.05) is 5.56 Å². The summed E-state index contributed by atoms with van der Waals surface area (Å²) in [6.07, 6.45) is 0. The van der Waals surface area contributed by atoms with Gasteiger partial charge in [0.05, 0.1) is 7.51 Å². The first-order valence-electron chi connectivity index (χ1n) is 3.27. The fourth-order valence-electron chi connectivity index (χ4n) is 0.735. The van der Waals surface area contributed by atoms with E-state index < -0.39 is 0 Å². The Kier molecular flexibility index (Phi) is 3.80. The molecule has 0 saturated heterocycles. The summed E-state index contributed by atoms with van der Waals surface area (Å²) in [4.78, 5) is 11.2. The lowest BCUT2D eigenvalue weighted by atomic mass is 10.2. The van der Waals surface area contributed by atoms with E-state index >= 15 is 0 Å². The molecule has 1 aromatic rings. The molecule has 0 bridgehead atoms. The van der Waals surface area contributed by atoms with Crippen LogP contribution in [0, 0.1) is 0 Å². The Bertz CT molecular complexity index is 278. The number of carbonyl (C=O) groups excluding carboxylic acids is 1. The number of hydrogen-bond donors (Lipinski definition) is 2. The highest BCUT2D eigenvalue weighted by molar-refractivity contribution is 7.95. The number of benzene rings is 1. The second-order valence-corrected chi connectivity index (χ2v) is 2.98. The van der Waals surface area contributed by atoms with E-state index in [9.17, 15) is 4.79 Å². The van der Waals surface area contributed by atoms with Crippen molar-refractivity contribution in [3.8, 4) is 0 Å². The Labute approximate surface area is 77.0 Å². The zero-order valence-corrected chi connectivity index (χ0v) is 7.86. The maximum atomic E-state index is 11.2. The average molecular weight is 198 g/mol. The molecule has 12 heavy (non-hydrogen) atoms. The normalized spacial score (nSPS) is 9.67. The summed E-state index contributed by atoms with van der Waals surface area (Å²) >= 11 is 4.57. The highest BCUT2D eigenvalue weighted by atomic mass is 32.4. The minimum Gasteiger partial charge on any atom is -0.279 e. The van der Waals surface area contributed by atoms with Crippen molar-refractivity contribution in [3.63, 3.8) is 0 Å². The Morgan fingerprint density at radius 3 is 2.58 bits per heavy atom. The maximum absolute atomic E-state index is 11.2. The Balaban J connectivity index is 2.59. The first kappa shape index (κ1) is 9.26. The maximum Gasteiger partial charge on any atom is 0.265 e. The Hall–Kier alpha value is -0.830. The second-order valence-electron chi connectivity index (χ2n) is 2.02. The van der Waals surface area contributed by atoms with E-state index in [-0.39, 0.29) is 5.91 Å². The van der Waals surface area contributed by atoms with E-state index in [0.29, 0.717) is 13.1 Å². The predicted molar refractivity (Wildman–Crippen MR) is 51.3 cm³/mol. The number of hydrogen-bond acceptors (Lipinski definition) is 2. The highest BCUT2D eigenvalue weighted by Crippen LogP contribution is 1.96. The van der Waals surface area contributed by atoms with E-state index in [1.165, 1.54) is 0 Å². The first-order valence-corrected chi connectivity index (χ1v) is 5.18. The molecular weight excluding hydrogens is 191 g/mol. The zero-order chi connectivity index (χ0) is 8.81. The fourth-order valence-corrected chi connectivity index (χ4v) is 1.02. The molecule has 0 radical (unpaired) electrons. The molecule has 0 aliphatic carbocycles. The minimum absolute atomic E-state index is 0.173. The highest BCUT2D eigenvalue weighted by Gasteiger charge is 2.00. The van der Waals surface area contributed by atoms with Crippen LogP contribution in [0.4, 0.5) is 0 Å². The topological polar surface area (TPSA) is 41.1 Å². The van der Waals surface area contributed by atoms with Crippen molar-refractivity contribution in [2.45, 2.75) is 0 Å². The Morgan fingerprint density at radius 1 is 1.33 bits per heavy atom. The number of carbonyl (C=O) groups is 1. The van der Waals surface area contributed by atoms with Crippen molar-refractivity contribution in [2.24, 2.45) is 0 Å². The van der Waals surface area contributed by atoms with Crippen LogP contribution in [0.15, 0.2) is 30.3 Å². The summed E-state index contributed by atoms with van der Waals surface area (Å²) in [5, 5.41) is 2.53. The second kappa shape index (κ2) is 4.93. The van der Waals surface area contributed by atoms with Crippen LogP contribution in [0.3, 0.4) is 0 Å². The summed E-state index contributed by atoms with van der Waals surface area (Å²) in [5.74, 6) is -0.173. The third-order valence-electron chi connectivity index (χ3n) is 1.25. The average Bonchev–Trinajstić information content (AvgIpc) is 2.15. The van der Waals surface area contributed by atoms with E-state index in [1.54, 1.807) is 24.3 Å². The number of nitrogens with one attached hydrogen (secondary N) is 2. The van der Waals surface area contributed by atoms with Gasteiger partial charge in [-0.15, -0.1) is 0 Å². The van der Waals surface area contributed by atoms with E-state index in [0.717, 1.165) is 0 Å². The molecule has 0 heterocycles. The molecule has 1 amide bonds. The molecule has 5 heteroatoms. The standard InChI is InChI=1S/C7H7N2OPS/c10-7(8-9-11-12)6-4-2-1-3-5-6/h1-5H,(H,8,10)(H,9,12). The van der Waals surface area contributed by atoms with E-state index in [1.807, 2.05) is 6.07 Å². The van der Waals surface area contributed by atoms with Crippen LogP contribution >= 0.6 is 7.51 Å². The molecule has 62 valence electrons. The number of hydrazine groups is 1. The molecule has 0 saturated carbocycles. The van der Waals surface area contributed by atoms with Crippen LogP contribution in [0.5, 0.6) is 0 Å². The van der Waals surface area contributed by atoms with Gasteiger partial charge in [-0.05, 0) is 23.9 Å². The van der Waals surface area contributed by atoms with Crippen LogP contribution in [0.1, 0.15) is 10.4 Å². The van der Waals surface area contributed by atoms with Gasteiger partial charge in [0.1, 0.15) is 0 Å². The third kappa shape index (κ3) is 2.66. The van der Waals surface area contributed by atoms with Crippen molar-refractivity contribution in [2.75, 3.05) is 0 Å². The fraction of sp³-hybridized carbons (Fsp3) is 0. The third-order valence-corrected chi connectivity index (χ3v) is 1.73. The lowest BCUT2D eigenvalue weighted by Crippen LogP contribution is -2.30. The SMILES string of the molecule is O=C(NNP=S)c1ccccc1. The van der Waals surface area contributed by atoms with Crippen molar-refractivity contribution < 1.29 is 4.79 Å². The van der Waals surface area contributed by atoms with Gasteiger partial charge in [0.2, 0.25) is 0 Å². The minimum atomic E-state index is -0.173. The van der Waals surface area contributed by atoms with Gasteiger partial charge >= 0.3 is 0 Å². The molecule has 0 aromatic heterocycles. The molecule has 0 aliphatic heterocycles. The molecule has 0 aliphatic rings. The van der Waals surface area contributed by atoms with E-state index in [2.05, 4.69) is 22.4 Å². The van der Waals surface area contributed by atoms with Crippen LogP contribution in [-0.2, 0) is 11.8 Å². The van der Waals surface area contributed by atoms with Crippen molar-refractivity contribution in [3.05, 3.63) is 35.9 Å². The van der Waals surface area contributed by atoms with E-state index in [4.69, 9.17) is 0 Å². The molecule has 0 atom stereocenters. The quantitative estimate of drug-likeness (QED) is 0.567.